The molecule has 0 fully saturated rings. The fraction of sp³-hybridized carbons (Fsp3) is 0.571. The Kier molecular flexibility index (Phi) is 4.74. The minimum Gasteiger partial charge on any atom is -0.340 e. The van der Waals surface area contributed by atoms with Gasteiger partial charge in [-0.1, -0.05) is 6.92 Å². The number of aryl methyl sites for hydroxylation is 2. The van der Waals surface area contributed by atoms with Gasteiger partial charge in [0.2, 0.25) is 0 Å². The molecule has 0 radical (unpaired) electrons. The van der Waals surface area contributed by atoms with Crippen LogP contribution in [0, 0.1) is 0 Å². The van der Waals surface area contributed by atoms with Crippen molar-refractivity contribution in [1.29, 1.82) is 0 Å². The van der Waals surface area contributed by atoms with Crippen LogP contribution in [0.25, 0.3) is 0 Å². The van der Waals surface area contributed by atoms with Gasteiger partial charge in [0.05, 0.1) is 18.1 Å². The van der Waals surface area contributed by atoms with Crippen LogP contribution in [0.4, 0.5) is 0 Å². The SMILES string of the molecule is CCCNC(Cc1nccn1CC)c1cn(C)cn1. The van der Waals surface area contributed by atoms with Crippen molar-refractivity contribution in [3.63, 3.8) is 0 Å². The van der Waals surface area contributed by atoms with Crippen molar-refractivity contribution >= 4 is 0 Å². The molecule has 5 heteroatoms. The molecule has 1 atom stereocenters. The molecule has 0 bridgehead atoms. The van der Waals surface area contributed by atoms with Crippen LogP contribution < -0.4 is 5.32 Å². The Balaban J connectivity index is 2.14. The number of hydrogen-bond acceptors (Lipinski definition) is 3. The Morgan fingerprint density at radius 1 is 1.32 bits per heavy atom. The molecule has 2 heterocycles. The van der Waals surface area contributed by atoms with E-state index in [1.807, 2.05) is 30.3 Å². The molecule has 2 rings (SSSR count). The van der Waals surface area contributed by atoms with Gasteiger partial charge in [0.25, 0.3) is 0 Å². The molecule has 19 heavy (non-hydrogen) atoms. The predicted octanol–water partition coefficient (Wildman–Crippen LogP) is 1.92. The van der Waals surface area contributed by atoms with Gasteiger partial charge in [-0.2, -0.15) is 0 Å². The molecular formula is C14H23N5. The molecule has 0 aliphatic heterocycles. The first-order valence-corrected chi connectivity index (χ1v) is 6.95. The Labute approximate surface area is 114 Å². The second-order valence-electron chi connectivity index (χ2n) is 4.80. The molecule has 2 aromatic heterocycles. The third-order valence-electron chi connectivity index (χ3n) is 3.25. The van der Waals surface area contributed by atoms with Crippen LogP contribution in [0.1, 0.15) is 37.8 Å². The summed E-state index contributed by atoms with van der Waals surface area (Å²) in [4.78, 5) is 8.92. The number of nitrogens with one attached hydrogen (secondary N) is 1. The van der Waals surface area contributed by atoms with Crippen LogP contribution in [0.2, 0.25) is 0 Å². The summed E-state index contributed by atoms with van der Waals surface area (Å²) in [6.07, 6.45) is 9.82. The van der Waals surface area contributed by atoms with E-state index < -0.39 is 0 Å². The van der Waals surface area contributed by atoms with Crippen LogP contribution in [0.5, 0.6) is 0 Å². The summed E-state index contributed by atoms with van der Waals surface area (Å²) >= 11 is 0. The summed E-state index contributed by atoms with van der Waals surface area (Å²) < 4.78 is 4.17. The number of aromatic nitrogens is 4. The van der Waals surface area contributed by atoms with Crippen molar-refractivity contribution in [2.24, 2.45) is 7.05 Å². The van der Waals surface area contributed by atoms with E-state index in [2.05, 4.69) is 39.9 Å². The zero-order valence-electron chi connectivity index (χ0n) is 12.0. The van der Waals surface area contributed by atoms with Gasteiger partial charge in [0.1, 0.15) is 5.82 Å². The molecule has 1 unspecified atom stereocenters. The van der Waals surface area contributed by atoms with E-state index in [1.54, 1.807) is 0 Å². The van der Waals surface area contributed by atoms with Crippen LogP contribution in [-0.4, -0.2) is 25.6 Å². The van der Waals surface area contributed by atoms with Gasteiger partial charge in [0, 0.05) is 38.6 Å². The normalized spacial score (nSPS) is 12.8. The van der Waals surface area contributed by atoms with Crippen molar-refractivity contribution in [2.75, 3.05) is 6.54 Å². The quantitative estimate of drug-likeness (QED) is 0.828. The lowest BCUT2D eigenvalue weighted by atomic mass is 10.1. The number of imidazole rings is 2. The van der Waals surface area contributed by atoms with Gasteiger partial charge in [0.15, 0.2) is 0 Å². The van der Waals surface area contributed by atoms with Crippen molar-refractivity contribution in [3.8, 4) is 0 Å². The molecule has 0 saturated carbocycles. The molecule has 0 aromatic carbocycles. The van der Waals surface area contributed by atoms with E-state index in [4.69, 9.17) is 0 Å². The van der Waals surface area contributed by atoms with Gasteiger partial charge in [-0.05, 0) is 19.9 Å². The first-order chi connectivity index (χ1) is 9.24. The Hall–Kier alpha value is -1.62. The van der Waals surface area contributed by atoms with Crippen molar-refractivity contribution in [3.05, 3.63) is 36.4 Å². The van der Waals surface area contributed by atoms with E-state index in [9.17, 15) is 0 Å². The van der Waals surface area contributed by atoms with Gasteiger partial charge in [-0.15, -0.1) is 0 Å². The van der Waals surface area contributed by atoms with Crippen molar-refractivity contribution < 1.29 is 0 Å². The zero-order chi connectivity index (χ0) is 13.7. The number of hydrogen-bond donors (Lipinski definition) is 1. The average molecular weight is 261 g/mol. The van der Waals surface area contributed by atoms with Crippen LogP contribution in [-0.2, 0) is 20.0 Å². The molecule has 0 aliphatic rings. The Morgan fingerprint density at radius 3 is 2.79 bits per heavy atom. The average Bonchev–Trinajstić information content (AvgIpc) is 3.02. The standard InChI is InChI=1S/C14H23N5/c1-4-6-15-12(13-10-18(3)11-17-13)9-14-16-7-8-19(14)5-2/h7-8,10-12,15H,4-6,9H2,1-3H3. The minimum absolute atomic E-state index is 0.230. The van der Waals surface area contributed by atoms with Crippen LogP contribution in [0.15, 0.2) is 24.9 Å². The maximum Gasteiger partial charge on any atom is 0.110 e. The van der Waals surface area contributed by atoms with E-state index in [1.165, 1.54) is 0 Å². The molecule has 0 spiro atoms. The van der Waals surface area contributed by atoms with E-state index in [-0.39, 0.29) is 6.04 Å². The first kappa shape index (κ1) is 13.8. The number of rotatable bonds is 7. The summed E-state index contributed by atoms with van der Waals surface area (Å²) in [5.74, 6) is 1.11. The molecule has 1 N–H and O–H groups in total. The van der Waals surface area contributed by atoms with Crippen molar-refractivity contribution in [1.82, 2.24) is 24.4 Å². The third-order valence-corrected chi connectivity index (χ3v) is 3.25. The summed E-state index contributed by atoms with van der Waals surface area (Å²) in [5, 5.41) is 3.56. The highest BCUT2D eigenvalue weighted by molar-refractivity contribution is 5.08. The van der Waals surface area contributed by atoms with E-state index >= 15 is 0 Å². The van der Waals surface area contributed by atoms with Gasteiger partial charge in [-0.25, -0.2) is 9.97 Å². The highest BCUT2D eigenvalue weighted by atomic mass is 15.1. The van der Waals surface area contributed by atoms with Crippen LogP contribution >= 0.6 is 0 Å². The molecule has 0 aliphatic carbocycles. The van der Waals surface area contributed by atoms with Gasteiger partial charge < -0.3 is 14.5 Å². The lowest BCUT2D eigenvalue weighted by Gasteiger charge is -2.16. The predicted molar refractivity (Wildman–Crippen MR) is 75.8 cm³/mol. The summed E-state index contributed by atoms with van der Waals surface area (Å²) in [6, 6.07) is 0.230. The molecule has 104 valence electrons. The Morgan fingerprint density at radius 2 is 2.16 bits per heavy atom. The molecule has 0 amide bonds. The minimum atomic E-state index is 0.230. The summed E-state index contributed by atoms with van der Waals surface area (Å²) in [5.41, 5.74) is 1.08. The largest absolute Gasteiger partial charge is 0.340 e. The topological polar surface area (TPSA) is 47.7 Å². The lowest BCUT2D eigenvalue weighted by Crippen LogP contribution is -2.25. The van der Waals surface area contributed by atoms with Gasteiger partial charge in [-0.3, -0.25) is 0 Å². The Bertz CT molecular complexity index is 499. The van der Waals surface area contributed by atoms with Crippen LogP contribution in [0.3, 0.4) is 0 Å². The summed E-state index contributed by atoms with van der Waals surface area (Å²) in [6.45, 7) is 6.27. The highest BCUT2D eigenvalue weighted by Gasteiger charge is 2.16. The summed E-state index contributed by atoms with van der Waals surface area (Å²) in [7, 11) is 2.00. The first-order valence-electron chi connectivity index (χ1n) is 6.95. The zero-order valence-corrected chi connectivity index (χ0v) is 12.0. The molecular weight excluding hydrogens is 238 g/mol. The van der Waals surface area contributed by atoms with Gasteiger partial charge >= 0.3 is 0 Å². The maximum absolute atomic E-state index is 4.47. The maximum atomic E-state index is 4.47. The van der Waals surface area contributed by atoms with E-state index in [0.717, 1.165) is 37.4 Å². The smallest absolute Gasteiger partial charge is 0.110 e. The fourth-order valence-corrected chi connectivity index (χ4v) is 2.21. The third kappa shape index (κ3) is 3.44. The second-order valence-corrected chi connectivity index (χ2v) is 4.80. The van der Waals surface area contributed by atoms with E-state index in [0.29, 0.717) is 0 Å². The fourth-order valence-electron chi connectivity index (χ4n) is 2.21. The number of nitrogens with zero attached hydrogens (tertiary/aromatic N) is 4. The molecule has 0 saturated heterocycles. The molecule has 2 aromatic rings. The molecule has 5 nitrogen and oxygen atoms in total. The lowest BCUT2D eigenvalue weighted by molar-refractivity contribution is 0.498. The monoisotopic (exact) mass is 261 g/mol. The highest BCUT2D eigenvalue weighted by Crippen LogP contribution is 2.16. The van der Waals surface area contributed by atoms with Crippen molar-refractivity contribution in [2.45, 2.75) is 39.3 Å². The second kappa shape index (κ2) is 6.52.